The van der Waals surface area contributed by atoms with Crippen LogP contribution < -0.4 is 25.6 Å². The van der Waals surface area contributed by atoms with Crippen molar-refractivity contribution in [3.05, 3.63) is 58.1 Å². The first-order valence-corrected chi connectivity index (χ1v) is 10.0. The third kappa shape index (κ3) is 7.35. The Kier molecular flexibility index (Phi) is 8.41. The molecule has 0 aliphatic rings. The van der Waals surface area contributed by atoms with Crippen LogP contribution in [0.25, 0.3) is 0 Å². The molecule has 7 nitrogen and oxygen atoms in total. The molecule has 0 spiro atoms. The van der Waals surface area contributed by atoms with Crippen molar-refractivity contribution >= 4 is 45.1 Å². The first-order valence-electron chi connectivity index (χ1n) is 8.81. The second kappa shape index (κ2) is 10.8. The predicted octanol–water partition coefficient (Wildman–Crippen LogP) is 3.26. The van der Waals surface area contributed by atoms with Gasteiger partial charge in [0, 0.05) is 0 Å². The monoisotopic (exact) mass is 479 g/mol. The fourth-order valence-corrected chi connectivity index (χ4v) is 2.99. The maximum absolute atomic E-state index is 12.4. The van der Waals surface area contributed by atoms with Crippen LogP contribution in [0.3, 0.4) is 0 Å². The summed E-state index contributed by atoms with van der Waals surface area (Å²) in [5.41, 5.74) is 6.25. The van der Waals surface area contributed by atoms with E-state index in [1.807, 2.05) is 32.9 Å². The molecule has 0 aliphatic carbocycles. The molecule has 2 aromatic carbocycles. The number of rotatable bonds is 6. The normalized spacial score (nSPS) is 10.2. The van der Waals surface area contributed by atoms with Crippen LogP contribution in [0.4, 0.5) is 0 Å². The molecule has 2 amide bonds. The second-order valence-electron chi connectivity index (χ2n) is 6.34. The van der Waals surface area contributed by atoms with E-state index < -0.39 is 11.8 Å². The molecule has 0 radical (unpaired) electrons. The minimum Gasteiger partial charge on any atom is -0.490 e. The van der Waals surface area contributed by atoms with Crippen LogP contribution >= 0.6 is 28.1 Å². The SMILES string of the molecule is Cc1ccc(OCC(=O)NNC(=S)NC(=O)c2ccccc2OC(C)C)c(Br)c1. The number of hydrogen-bond acceptors (Lipinski definition) is 5. The molecule has 9 heteroatoms. The van der Waals surface area contributed by atoms with Crippen molar-refractivity contribution in [3.8, 4) is 11.5 Å². The van der Waals surface area contributed by atoms with E-state index >= 15 is 0 Å². The molecular formula is C20H22BrN3O4S. The van der Waals surface area contributed by atoms with E-state index in [9.17, 15) is 9.59 Å². The Balaban J connectivity index is 1.82. The number of thiocarbonyl (C=S) groups is 1. The van der Waals surface area contributed by atoms with Crippen molar-refractivity contribution in [2.75, 3.05) is 6.61 Å². The smallest absolute Gasteiger partial charge is 0.276 e. The molecule has 2 aromatic rings. The van der Waals surface area contributed by atoms with Gasteiger partial charge >= 0.3 is 0 Å². The average Bonchev–Trinajstić information content (AvgIpc) is 2.65. The predicted molar refractivity (Wildman–Crippen MR) is 118 cm³/mol. The lowest BCUT2D eigenvalue weighted by atomic mass is 10.2. The molecule has 0 unspecified atom stereocenters. The summed E-state index contributed by atoms with van der Waals surface area (Å²) in [6.07, 6.45) is -0.0816. The zero-order chi connectivity index (χ0) is 21.4. The van der Waals surface area contributed by atoms with Crippen LogP contribution in [0.1, 0.15) is 29.8 Å². The van der Waals surface area contributed by atoms with E-state index in [2.05, 4.69) is 32.1 Å². The van der Waals surface area contributed by atoms with E-state index in [1.54, 1.807) is 30.3 Å². The summed E-state index contributed by atoms with van der Waals surface area (Å²) in [6, 6.07) is 12.4. The van der Waals surface area contributed by atoms with Crippen molar-refractivity contribution in [2.45, 2.75) is 26.9 Å². The molecule has 154 valence electrons. The third-order valence-electron chi connectivity index (χ3n) is 3.48. The minimum atomic E-state index is -0.461. The van der Waals surface area contributed by atoms with Gasteiger partial charge in [0.25, 0.3) is 11.8 Å². The van der Waals surface area contributed by atoms with E-state index in [1.165, 1.54) is 0 Å². The number of hydrazine groups is 1. The molecule has 0 bridgehead atoms. The Bertz CT molecular complexity index is 905. The number of para-hydroxylation sites is 1. The zero-order valence-corrected chi connectivity index (χ0v) is 18.6. The number of amides is 2. The van der Waals surface area contributed by atoms with Gasteiger partial charge in [-0.2, -0.15) is 0 Å². The van der Waals surface area contributed by atoms with E-state index in [0.717, 1.165) is 10.0 Å². The molecule has 0 saturated carbocycles. The highest BCUT2D eigenvalue weighted by molar-refractivity contribution is 9.10. The topological polar surface area (TPSA) is 88.7 Å². The Morgan fingerprint density at radius 3 is 2.52 bits per heavy atom. The lowest BCUT2D eigenvalue weighted by molar-refractivity contribution is -0.123. The number of nitrogens with one attached hydrogen (secondary N) is 3. The van der Waals surface area contributed by atoms with Gasteiger partial charge < -0.3 is 9.47 Å². The van der Waals surface area contributed by atoms with E-state index in [4.69, 9.17) is 21.7 Å². The quantitative estimate of drug-likeness (QED) is 0.435. The fourth-order valence-electron chi connectivity index (χ4n) is 2.24. The Labute approximate surface area is 183 Å². The third-order valence-corrected chi connectivity index (χ3v) is 4.31. The van der Waals surface area contributed by atoms with E-state index in [-0.39, 0.29) is 17.8 Å². The molecule has 0 fully saturated rings. The highest BCUT2D eigenvalue weighted by Gasteiger charge is 2.15. The number of carbonyl (C=O) groups is 2. The van der Waals surface area contributed by atoms with E-state index in [0.29, 0.717) is 17.1 Å². The van der Waals surface area contributed by atoms with Crippen molar-refractivity contribution in [1.82, 2.24) is 16.2 Å². The van der Waals surface area contributed by atoms with Gasteiger partial charge in [0.05, 0.1) is 16.1 Å². The second-order valence-corrected chi connectivity index (χ2v) is 7.60. The van der Waals surface area contributed by atoms with Crippen LogP contribution in [0.2, 0.25) is 0 Å². The maximum atomic E-state index is 12.4. The number of hydrogen-bond donors (Lipinski definition) is 3. The van der Waals surface area contributed by atoms with Gasteiger partial charge in [0.1, 0.15) is 11.5 Å². The zero-order valence-electron chi connectivity index (χ0n) is 16.2. The molecule has 2 rings (SSSR count). The lowest BCUT2D eigenvalue weighted by Gasteiger charge is -2.15. The number of benzene rings is 2. The van der Waals surface area contributed by atoms with Crippen LogP contribution in [-0.2, 0) is 4.79 Å². The number of aryl methyl sites for hydroxylation is 1. The summed E-state index contributed by atoms with van der Waals surface area (Å²) in [5.74, 6) is 0.0812. The number of halogens is 1. The first-order chi connectivity index (χ1) is 13.8. The maximum Gasteiger partial charge on any atom is 0.276 e. The van der Waals surface area contributed by atoms with Gasteiger partial charge in [0.2, 0.25) is 0 Å². The van der Waals surface area contributed by atoms with Crippen LogP contribution in [-0.4, -0.2) is 29.6 Å². The van der Waals surface area contributed by atoms with Gasteiger partial charge in [-0.15, -0.1) is 0 Å². The van der Waals surface area contributed by atoms with Crippen molar-refractivity contribution in [3.63, 3.8) is 0 Å². The highest BCUT2D eigenvalue weighted by atomic mass is 79.9. The standard InChI is InChI=1S/C20H22BrN3O4S/c1-12(2)28-16-7-5-4-6-14(16)19(26)22-20(29)24-23-18(25)11-27-17-9-8-13(3)10-15(17)21/h4-10,12H,11H2,1-3H3,(H,23,25)(H2,22,24,26,29). The summed E-state index contributed by atoms with van der Waals surface area (Å²) in [6.45, 7) is 5.46. The minimum absolute atomic E-state index is 0.0563. The molecule has 0 heterocycles. The number of ether oxygens (including phenoxy) is 2. The van der Waals surface area contributed by atoms with Crippen LogP contribution in [0, 0.1) is 6.92 Å². The highest BCUT2D eigenvalue weighted by Crippen LogP contribution is 2.25. The summed E-state index contributed by atoms with van der Waals surface area (Å²) >= 11 is 8.42. The van der Waals surface area contributed by atoms with Gasteiger partial charge in [-0.3, -0.25) is 25.8 Å². The summed E-state index contributed by atoms with van der Waals surface area (Å²) in [7, 11) is 0. The summed E-state index contributed by atoms with van der Waals surface area (Å²) in [4.78, 5) is 24.3. The molecule has 29 heavy (non-hydrogen) atoms. The number of carbonyl (C=O) groups excluding carboxylic acids is 2. The van der Waals surface area contributed by atoms with Crippen molar-refractivity contribution in [2.24, 2.45) is 0 Å². The first kappa shape index (κ1) is 22.6. The molecule has 0 atom stereocenters. The Hall–Kier alpha value is -2.65. The molecule has 3 N–H and O–H groups in total. The summed E-state index contributed by atoms with van der Waals surface area (Å²) < 4.78 is 11.8. The summed E-state index contributed by atoms with van der Waals surface area (Å²) in [5, 5.41) is 2.44. The van der Waals surface area contributed by atoms with Gasteiger partial charge in [-0.25, -0.2) is 0 Å². The molecular weight excluding hydrogens is 458 g/mol. The van der Waals surface area contributed by atoms with Crippen molar-refractivity contribution in [1.29, 1.82) is 0 Å². The lowest BCUT2D eigenvalue weighted by Crippen LogP contribution is -2.49. The average molecular weight is 480 g/mol. The molecule has 0 aromatic heterocycles. The van der Waals surface area contributed by atoms with Crippen LogP contribution in [0.5, 0.6) is 11.5 Å². The van der Waals surface area contributed by atoms with Gasteiger partial charge in [0.15, 0.2) is 11.7 Å². The molecule has 0 saturated heterocycles. The largest absolute Gasteiger partial charge is 0.490 e. The molecule has 0 aliphatic heterocycles. The Morgan fingerprint density at radius 2 is 1.83 bits per heavy atom. The van der Waals surface area contributed by atoms with Crippen molar-refractivity contribution < 1.29 is 19.1 Å². The van der Waals surface area contributed by atoms with Gasteiger partial charge in [-0.1, -0.05) is 18.2 Å². The Morgan fingerprint density at radius 1 is 1.10 bits per heavy atom. The fraction of sp³-hybridized carbons (Fsp3) is 0.250. The van der Waals surface area contributed by atoms with Gasteiger partial charge in [-0.05, 0) is 78.7 Å². The van der Waals surface area contributed by atoms with Crippen LogP contribution in [0.15, 0.2) is 46.9 Å².